The molecule has 0 aromatic carbocycles. The van der Waals surface area contributed by atoms with E-state index in [1.807, 2.05) is 0 Å². The van der Waals surface area contributed by atoms with Crippen molar-refractivity contribution >= 4 is 5.97 Å². The van der Waals surface area contributed by atoms with Gasteiger partial charge in [-0.15, -0.1) is 0 Å². The van der Waals surface area contributed by atoms with Gasteiger partial charge in [0.15, 0.2) is 0 Å². The first kappa shape index (κ1) is 13.4. The fourth-order valence-electron chi connectivity index (χ4n) is 1.71. The van der Waals surface area contributed by atoms with Crippen molar-refractivity contribution in [1.82, 2.24) is 0 Å². The number of esters is 1. The molecule has 0 aromatic heterocycles. The van der Waals surface area contributed by atoms with Crippen LogP contribution in [0, 0.1) is 0 Å². The van der Waals surface area contributed by atoms with Gasteiger partial charge in [0, 0.05) is 6.42 Å². The minimum absolute atomic E-state index is 0.125. The van der Waals surface area contributed by atoms with Gasteiger partial charge in [0.25, 0.3) is 0 Å². The third-order valence-corrected chi connectivity index (χ3v) is 2.58. The van der Waals surface area contributed by atoms with Crippen LogP contribution in [0.3, 0.4) is 0 Å². The summed E-state index contributed by atoms with van der Waals surface area (Å²) < 4.78 is 9.93. The summed E-state index contributed by atoms with van der Waals surface area (Å²) in [5, 5.41) is 27.9. The quantitative estimate of drug-likeness (QED) is 0.518. The van der Waals surface area contributed by atoms with E-state index in [0.29, 0.717) is 6.61 Å². The highest BCUT2D eigenvalue weighted by Gasteiger charge is 2.41. The Hall–Kier alpha value is -0.690. The Balaban J connectivity index is 2.35. The van der Waals surface area contributed by atoms with Crippen molar-refractivity contribution in [2.24, 2.45) is 0 Å². The van der Waals surface area contributed by atoms with Crippen molar-refractivity contribution < 1.29 is 29.6 Å². The largest absolute Gasteiger partial charge is 0.466 e. The zero-order valence-corrected chi connectivity index (χ0v) is 9.20. The molecule has 1 rings (SSSR count). The van der Waals surface area contributed by atoms with Crippen molar-refractivity contribution in [3.8, 4) is 0 Å². The first-order valence-electron chi connectivity index (χ1n) is 5.38. The second-order valence-corrected chi connectivity index (χ2v) is 3.72. The highest BCUT2D eigenvalue weighted by atomic mass is 16.6. The number of aliphatic hydroxyl groups is 3. The van der Waals surface area contributed by atoms with Crippen LogP contribution in [-0.4, -0.2) is 58.9 Å². The molecular weight excluding hydrogens is 216 g/mol. The van der Waals surface area contributed by atoms with E-state index >= 15 is 0 Å². The van der Waals surface area contributed by atoms with E-state index in [-0.39, 0.29) is 25.4 Å². The molecular formula is C10H18O6. The van der Waals surface area contributed by atoms with Gasteiger partial charge in [0.1, 0.15) is 18.3 Å². The molecule has 1 heterocycles. The molecule has 6 nitrogen and oxygen atoms in total. The number of ether oxygens (including phenoxy) is 2. The number of aliphatic hydroxyl groups excluding tert-OH is 3. The predicted octanol–water partition coefficient (Wildman–Crippen LogP) is -1.19. The van der Waals surface area contributed by atoms with Crippen LogP contribution < -0.4 is 0 Å². The topological polar surface area (TPSA) is 96.2 Å². The predicted molar refractivity (Wildman–Crippen MR) is 53.6 cm³/mol. The highest BCUT2D eigenvalue weighted by Crippen LogP contribution is 2.24. The van der Waals surface area contributed by atoms with Crippen LogP contribution in [0.4, 0.5) is 0 Å². The maximum absolute atomic E-state index is 11.1. The third-order valence-electron chi connectivity index (χ3n) is 2.58. The minimum Gasteiger partial charge on any atom is -0.466 e. The molecule has 0 saturated carbocycles. The van der Waals surface area contributed by atoms with Gasteiger partial charge < -0.3 is 24.8 Å². The smallest absolute Gasteiger partial charge is 0.305 e. The zero-order chi connectivity index (χ0) is 12.1. The molecule has 6 heteroatoms. The molecule has 16 heavy (non-hydrogen) atoms. The van der Waals surface area contributed by atoms with E-state index in [0.717, 1.165) is 0 Å². The maximum Gasteiger partial charge on any atom is 0.305 e. The van der Waals surface area contributed by atoms with Gasteiger partial charge in [-0.3, -0.25) is 4.79 Å². The number of hydrogen-bond donors (Lipinski definition) is 3. The molecule has 0 aliphatic carbocycles. The lowest BCUT2D eigenvalue weighted by molar-refractivity contribution is -0.144. The fourth-order valence-corrected chi connectivity index (χ4v) is 1.71. The first-order chi connectivity index (χ1) is 7.60. The summed E-state index contributed by atoms with van der Waals surface area (Å²) in [7, 11) is 0. The third kappa shape index (κ3) is 3.15. The van der Waals surface area contributed by atoms with Gasteiger partial charge >= 0.3 is 5.97 Å². The Bertz CT molecular complexity index is 231. The SMILES string of the molecule is CCOC(=O)CC[C@H]1O[C@H](CO)[C@@H](O)[C@@H]1O. The summed E-state index contributed by atoms with van der Waals surface area (Å²) in [5.74, 6) is -0.361. The van der Waals surface area contributed by atoms with Crippen LogP contribution >= 0.6 is 0 Å². The molecule has 3 N–H and O–H groups in total. The van der Waals surface area contributed by atoms with Crippen LogP contribution in [0.5, 0.6) is 0 Å². The van der Waals surface area contributed by atoms with E-state index in [9.17, 15) is 15.0 Å². The molecule has 0 spiro atoms. The molecule has 1 saturated heterocycles. The van der Waals surface area contributed by atoms with Crippen molar-refractivity contribution in [2.45, 2.75) is 44.2 Å². The average Bonchev–Trinajstić information content (AvgIpc) is 2.54. The van der Waals surface area contributed by atoms with Gasteiger partial charge in [0.2, 0.25) is 0 Å². The van der Waals surface area contributed by atoms with Gasteiger partial charge in [0.05, 0.1) is 19.3 Å². The normalized spacial score (nSPS) is 34.0. The second-order valence-electron chi connectivity index (χ2n) is 3.72. The Morgan fingerprint density at radius 1 is 1.31 bits per heavy atom. The van der Waals surface area contributed by atoms with Crippen molar-refractivity contribution in [2.75, 3.05) is 13.2 Å². The Morgan fingerprint density at radius 3 is 2.44 bits per heavy atom. The molecule has 1 fully saturated rings. The van der Waals surface area contributed by atoms with E-state index < -0.39 is 24.4 Å². The maximum atomic E-state index is 11.1. The van der Waals surface area contributed by atoms with Crippen LogP contribution in [0.2, 0.25) is 0 Å². The summed E-state index contributed by atoms with van der Waals surface area (Å²) in [6, 6.07) is 0. The molecule has 94 valence electrons. The lowest BCUT2D eigenvalue weighted by Gasteiger charge is -2.13. The fraction of sp³-hybridized carbons (Fsp3) is 0.900. The molecule has 1 aliphatic heterocycles. The Kier molecular flexibility index (Phi) is 5.14. The molecule has 0 unspecified atom stereocenters. The molecule has 0 aromatic rings. The Labute approximate surface area is 93.8 Å². The summed E-state index contributed by atoms with van der Waals surface area (Å²) in [4.78, 5) is 11.1. The van der Waals surface area contributed by atoms with E-state index in [2.05, 4.69) is 0 Å². The van der Waals surface area contributed by atoms with E-state index in [4.69, 9.17) is 14.6 Å². The van der Waals surface area contributed by atoms with Crippen molar-refractivity contribution in [3.05, 3.63) is 0 Å². The Morgan fingerprint density at radius 2 is 1.94 bits per heavy atom. The average molecular weight is 234 g/mol. The number of hydrogen-bond acceptors (Lipinski definition) is 6. The standard InChI is InChI=1S/C10H18O6/c1-2-15-8(12)4-3-6-9(13)10(14)7(5-11)16-6/h6-7,9-11,13-14H,2-5H2,1H3/t6-,7-,9-,10-/m1/s1. The van der Waals surface area contributed by atoms with Crippen LogP contribution in [0.15, 0.2) is 0 Å². The van der Waals surface area contributed by atoms with Gasteiger partial charge in [-0.2, -0.15) is 0 Å². The minimum atomic E-state index is -1.10. The zero-order valence-electron chi connectivity index (χ0n) is 9.20. The van der Waals surface area contributed by atoms with Gasteiger partial charge in [-0.05, 0) is 13.3 Å². The second kappa shape index (κ2) is 6.15. The molecule has 0 bridgehead atoms. The lowest BCUT2D eigenvalue weighted by Crippen LogP contribution is -2.34. The number of carbonyl (C=O) groups excluding carboxylic acids is 1. The van der Waals surface area contributed by atoms with Crippen LogP contribution in [0.25, 0.3) is 0 Å². The highest BCUT2D eigenvalue weighted by molar-refractivity contribution is 5.69. The monoisotopic (exact) mass is 234 g/mol. The molecule has 1 aliphatic rings. The van der Waals surface area contributed by atoms with E-state index in [1.54, 1.807) is 6.92 Å². The summed E-state index contributed by atoms with van der Waals surface area (Å²) >= 11 is 0. The molecule has 0 amide bonds. The summed E-state index contributed by atoms with van der Waals surface area (Å²) in [6.07, 6.45) is -3.17. The molecule has 4 atom stereocenters. The van der Waals surface area contributed by atoms with Crippen LogP contribution in [0.1, 0.15) is 19.8 Å². The van der Waals surface area contributed by atoms with Gasteiger partial charge in [-0.25, -0.2) is 0 Å². The van der Waals surface area contributed by atoms with E-state index in [1.165, 1.54) is 0 Å². The van der Waals surface area contributed by atoms with Crippen molar-refractivity contribution in [1.29, 1.82) is 0 Å². The number of carbonyl (C=O) groups is 1. The van der Waals surface area contributed by atoms with Gasteiger partial charge in [-0.1, -0.05) is 0 Å². The van der Waals surface area contributed by atoms with Crippen molar-refractivity contribution in [3.63, 3.8) is 0 Å². The summed E-state index contributed by atoms with van der Waals surface area (Å²) in [6.45, 7) is 1.67. The van der Waals surface area contributed by atoms with Crippen LogP contribution in [-0.2, 0) is 14.3 Å². The summed E-state index contributed by atoms with van der Waals surface area (Å²) in [5.41, 5.74) is 0. The lowest BCUT2D eigenvalue weighted by atomic mass is 10.0. The number of rotatable bonds is 5. The molecule has 0 radical (unpaired) electrons. The first-order valence-corrected chi connectivity index (χ1v) is 5.38.